The molecular weight excluding hydrogens is 404 g/mol. The van der Waals surface area contributed by atoms with Crippen molar-refractivity contribution in [1.82, 2.24) is 19.3 Å². The molecule has 0 aliphatic rings. The Labute approximate surface area is 184 Å². The summed E-state index contributed by atoms with van der Waals surface area (Å²) in [6, 6.07) is 16.1. The first-order valence-corrected chi connectivity index (χ1v) is 10.6. The summed E-state index contributed by atoms with van der Waals surface area (Å²) in [5.74, 6) is 0.773. The molecule has 0 bridgehead atoms. The lowest BCUT2D eigenvalue weighted by Gasteiger charge is -2.08. The van der Waals surface area contributed by atoms with Gasteiger partial charge in [-0.2, -0.15) is 0 Å². The topological polar surface area (TPSA) is 75.1 Å². The minimum absolute atomic E-state index is 0.0648. The highest BCUT2D eigenvalue weighted by molar-refractivity contribution is 6.03. The van der Waals surface area contributed by atoms with E-state index in [1.807, 2.05) is 66.9 Å². The Morgan fingerprint density at radius 1 is 1.06 bits per heavy atom. The van der Waals surface area contributed by atoms with E-state index >= 15 is 0 Å². The number of aromatic nitrogens is 4. The van der Waals surface area contributed by atoms with Crippen molar-refractivity contribution < 1.29 is 9.26 Å². The normalized spacial score (nSPS) is 11.6. The summed E-state index contributed by atoms with van der Waals surface area (Å²) in [7, 11) is 1.64. The largest absolute Gasteiger partial charge is 0.383 e. The Morgan fingerprint density at radius 2 is 1.88 bits per heavy atom. The minimum atomic E-state index is -0.0648. The number of methoxy groups -OCH3 is 1. The van der Waals surface area contributed by atoms with Crippen LogP contribution in [0.2, 0.25) is 0 Å². The highest BCUT2D eigenvalue weighted by atomic mass is 16.5. The number of imidazole rings is 1. The second kappa shape index (κ2) is 8.09. The van der Waals surface area contributed by atoms with Gasteiger partial charge in [-0.05, 0) is 31.0 Å². The van der Waals surface area contributed by atoms with Crippen LogP contribution in [-0.2, 0) is 17.8 Å². The highest BCUT2D eigenvalue weighted by Gasteiger charge is 2.18. The second-order valence-corrected chi connectivity index (χ2v) is 7.92. The lowest BCUT2D eigenvalue weighted by atomic mass is 10.0. The van der Waals surface area contributed by atoms with Crippen LogP contribution in [0.1, 0.15) is 17.0 Å². The van der Waals surface area contributed by atoms with Crippen LogP contribution in [0.15, 0.2) is 64.0 Å². The third kappa shape index (κ3) is 3.31. The number of aryl methyl sites for hydroxylation is 2. The summed E-state index contributed by atoms with van der Waals surface area (Å²) in [6.45, 7) is 5.25. The molecule has 0 saturated carbocycles. The molecule has 5 rings (SSSR count). The van der Waals surface area contributed by atoms with Crippen LogP contribution in [0, 0.1) is 13.8 Å². The van der Waals surface area contributed by atoms with Crippen molar-refractivity contribution in [3.63, 3.8) is 0 Å². The zero-order valence-corrected chi connectivity index (χ0v) is 18.3. The van der Waals surface area contributed by atoms with Crippen LogP contribution in [0.25, 0.3) is 33.1 Å². The maximum atomic E-state index is 13.4. The van der Waals surface area contributed by atoms with Crippen molar-refractivity contribution in [2.24, 2.45) is 0 Å². The zero-order chi connectivity index (χ0) is 22.2. The van der Waals surface area contributed by atoms with Gasteiger partial charge in [0.2, 0.25) is 0 Å². The van der Waals surface area contributed by atoms with Gasteiger partial charge in [-0.25, -0.2) is 4.79 Å². The molecule has 0 unspecified atom stereocenters. The first kappa shape index (κ1) is 20.2. The maximum Gasteiger partial charge on any atom is 0.329 e. The van der Waals surface area contributed by atoms with E-state index in [1.165, 1.54) is 0 Å². The van der Waals surface area contributed by atoms with Gasteiger partial charge in [0, 0.05) is 18.1 Å². The van der Waals surface area contributed by atoms with Crippen molar-refractivity contribution in [3.8, 4) is 11.1 Å². The van der Waals surface area contributed by atoms with Crippen molar-refractivity contribution >= 4 is 21.9 Å². The van der Waals surface area contributed by atoms with Gasteiger partial charge in [-0.3, -0.25) is 14.1 Å². The molecule has 32 heavy (non-hydrogen) atoms. The second-order valence-electron chi connectivity index (χ2n) is 7.92. The SMILES string of the molecule is COCCn1c(=O)n(Cc2ccccc2)c2c3ccc(-c4c(C)noc4C)cc3ncc21. The number of ether oxygens (including phenoxy) is 1. The molecule has 0 amide bonds. The molecule has 5 aromatic rings. The average Bonchev–Trinajstić information content (AvgIpc) is 3.28. The standard InChI is InChI=1S/C25H24N4O3/c1-16-23(17(2)32-27-16)19-9-10-20-21(13-19)26-14-22-24(20)29(15-18-7-5-4-6-8-18)25(30)28(22)11-12-31-3/h4-10,13-14H,11-12,15H2,1-3H3. The summed E-state index contributed by atoms with van der Waals surface area (Å²) in [5.41, 5.74) is 6.33. The van der Waals surface area contributed by atoms with Gasteiger partial charge in [0.25, 0.3) is 0 Å². The van der Waals surface area contributed by atoms with Crippen molar-refractivity contribution in [1.29, 1.82) is 0 Å². The summed E-state index contributed by atoms with van der Waals surface area (Å²) >= 11 is 0. The molecule has 162 valence electrons. The molecule has 0 spiro atoms. The zero-order valence-electron chi connectivity index (χ0n) is 18.3. The fraction of sp³-hybridized carbons (Fsp3) is 0.240. The van der Waals surface area contributed by atoms with E-state index in [2.05, 4.69) is 5.16 Å². The quantitative estimate of drug-likeness (QED) is 0.403. The monoisotopic (exact) mass is 428 g/mol. The lowest BCUT2D eigenvalue weighted by molar-refractivity contribution is 0.187. The Balaban J connectivity index is 1.75. The molecule has 0 saturated heterocycles. The molecule has 3 heterocycles. The summed E-state index contributed by atoms with van der Waals surface area (Å²) in [6.07, 6.45) is 1.79. The number of benzene rings is 2. The molecule has 2 aromatic carbocycles. The molecular formula is C25H24N4O3. The molecule has 7 nitrogen and oxygen atoms in total. The van der Waals surface area contributed by atoms with Gasteiger partial charge >= 0.3 is 5.69 Å². The molecule has 0 N–H and O–H groups in total. The van der Waals surface area contributed by atoms with Crippen molar-refractivity contribution in [2.75, 3.05) is 13.7 Å². The predicted octanol–water partition coefficient (Wildman–Crippen LogP) is 4.32. The predicted molar refractivity (Wildman–Crippen MR) is 124 cm³/mol. The van der Waals surface area contributed by atoms with E-state index in [0.717, 1.165) is 50.1 Å². The van der Waals surface area contributed by atoms with E-state index in [-0.39, 0.29) is 5.69 Å². The van der Waals surface area contributed by atoms with Gasteiger partial charge < -0.3 is 9.26 Å². The van der Waals surface area contributed by atoms with Crippen molar-refractivity contribution in [3.05, 3.63) is 82.2 Å². The molecule has 0 radical (unpaired) electrons. The highest BCUT2D eigenvalue weighted by Crippen LogP contribution is 2.31. The third-order valence-electron chi connectivity index (χ3n) is 5.87. The number of pyridine rings is 1. The first-order valence-electron chi connectivity index (χ1n) is 10.6. The van der Waals surface area contributed by atoms with E-state index in [4.69, 9.17) is 14.2 Å². The smallest absolute Gasteiger partial charge is 0.329 e. The van der Waals surface area contributed by atoms with E-state index in [1.54, 1.807) is 17.9 Å². The molecule has 0 aliphatic carbocycles. The molecule has 0 aliphatic heterocycles. The van der Waals surface area contributed by atoms with Gasteiger partial charge in [-0.15, -0.1) is 0 Å². The Bertz CT molecular complexity index is 1460. The van der Waals surface area contributed by atoms with Crippen LogP contribution in [0.5, 0.6) is 0 Å². The van der Waals surface area contributed by atoms with E-state index < -0.39 is 0 Å². The minimum Gasteiger partial charge on any atom is -0.383 e. The van der Waals surface area contributed by atoms with E-state index in [0.29, 0.717) is 19.7 Å². The summed E-state index contributed by atoms with van der Waals surface area (Å²) in [5, 5.41) is 5.00. The number of hydrogen-bond acceptors (Lipinski definition) is 5. The molecule has 3 aromatic heterocycles. The maximum absolute atomic E-state index is 13.4. The van der Waals surface area contributed by atoms with Crippen LogP contribution in [-0.4, -0.2) is 33.0 Å². The van der Waals surface area contributed by atoms with Gasteiger partial charge in [0.15, 0.2) is 0 Å². The molecule has 7 heteroatoms. The van der Waals surface area contributed by atoms with Crippen LogP contribution in [0.3, 0.4) is 0 Å². The van der Waals surface area contributed by atoms with Crippen molar-refractivity contribution in [2.45, 2.75) is 26.9 Å². The summed E-state index contributed by atoms with van der Waals surface area (Å²) in [4.78, 5) is 18.1. The van der Waals surface area contributed by atoms with Gasteiger partial charge in [0.1, 0.15) is 5.76 Å². The fourth-order valence-corrected chi connectivity index (χ4v) is 4.36. The van der Waals surface area contributed by atoms with E-state index in [9.17, 15) is 4.79 Å². The van der Waals surface area contributed by atoms with Crippen LogP contribution < -0.4 is 5.69 Å². The Kier molecular flexibility index (Phi) is 5.11. The molecule has 0 atom stereocenters. The molecule has 0 fully saturated rings. The van der Waals surface area contributed by atoms with Gasteiger partial charge in [0.05, 0.1) is 48.1 Å². The number of fused-ring (bicyclic) bond motifs is 3. The lowest BCUT2D eigenvalue weighted by Crippen LogP contribution is -2.26. The van der Waals surface area contributed by atoms with Crippen LogP contribution in [0.4, 0.5) is 0 Å². The Morgan fingerprint density at radius 3 is 2.59 bits per heavy atom. The summed E-state index contributed by atoms with van der Waals surface area (Å²) < 4.78 is 14.2. The average molecular weight is 428 g/mol. The first-order chi connectivity index (χ1) is 15.6. The number of nitrogens with zero attached hydrogens (tertiary/aromatic N) is 4. The van der Waals surface area contributed by atoms with Crippen LogP contribution >= 0.6 is 0 Å². The Hall–Kier alpha value is -3.71. The van der Waals surface area contributed by atoms with Gasteiger partial charge in [-0.1, -0.05) is 47.6 Å². The number of rotatable bonds is 6. The fourth-order valence-electron chi connectivity index (χ4n) is 4.36. The third-order valence-corrected chi connectivity index (χ3v) is 5.87. The number of hydrogen-bond donors (Lipinski definition) is 0.